The molecule has 0 aromatic heterocycles. The highest BCUT2D eigenvalue weighted by Gasteiger charge is 2.20. The van der Waals surface area contributed by atoms with Crippen LogP contribution < -0.4 is 0 Å². The molecule has 2 fully saturated rings. The molecule has 2 saturated heterocycles. The zero-order valence-corrected chi connectivity index (χ0v) is 42.3. The normalized spacial score (nSPS) is 18.7. The maximum absolute atomic E-state index is 12.9. The zero-order valence-electron chi connectivity index (χ0n) is 40.7. The third kappa shape index (κ3) is 28.8. The van der Waals surface area contributed by atoms with Crippen LogP contribution in [0.25, 0.3) is 0 Å². The first-order valence-electron chi connectivity index (χ1n) is 23.4. The highest BCUT2D eigenvalue weighted by molar-refractivity contribution is 7.91. The van der Waals surface area contributed by atoms with Crippen LogP contribution in [0.2, 0.25) is 0 Å². The van der Waals surface area contributed by atoms with Crippen LogP contribution in [-0.4, -0.2) is 210 Å². The van der Waals surface area contributed by atoms with Crippen molar-refractivity contribution in [1.82, 2.24) is 0 Å². The Morgan fingerprint density at radius 3 is 1.16 bits per heavy atom. The zero-order chi connectivity index (χ0) is 52.3. The Morgan fingerprint density at radius 2 is 0.795 bits per heavy atom. The molecule has 0 amide bonds. The predicted molar refractivity (Wildman–Crippen MR) is 257 cm³/mol. The Bertz CT molecular complexity index is 2140. The Labute approximate surface area is 425 Å². The van der Waals surface area contributed by atoms with E-state index in [1.54, 1.807) is 0 Å². The highest BCUT2D eigenvalue weighted by Crippen LogP contribution is 2.14. The average Bonchev–Trinajstić information content (AvgIpc) is 3.37. The van der Waals surface area contributed by atoms with Crippen molar-refractivity contribution in [2.75, 3.05) is 157 Å². The van der Waals surface area contributed by atoms with E-state index in [9.17, 15) is 36.0 Å². The first-order chi connectivity index (χ1) is 35.4. The minimum atomic E-state index is -3.80. The Morgan fingerprint density at radius 1 is 0.452 bits per heavy atom. The molecule has 2 atom stereocenters. The van der Waals surface area contributed by atoms with Gasteiger partial charge in [0.1, 0.15) is 43.3 Å². The number of carbonyl (C=O) groups is 4. The summed E-state index contributed by atoms with van der Waals surface area (Å²) in [7, 11) is -7.60. The number of hydrogen-bond acceptors (Lipinski definition) is 22. The molecule has 2 aliphatic rings. The smallest absolute Gasteiger partial charge is 0.338 e. The molecule has 2 unspecified atom stereocenters. The summed E-state index contributed by atoms with van der Waals surface area (Å²) in [4.78, 5) is 50.0. The molecule has 0 spiro atoms. The minimum absolute atomic E-state index is 0.124. The summed E-state index contributed by atoms with van der Waals surface area (Å²) in [5.41, 5.74) is 0.887. The minimum Gasteiger partial charge on any atom is -0.459 e. The molecule has 73 heavy (non-hydrogen) atoms. The van der Waals surface area contributed by atoms with E-state index in [0.717, 1.165) is 0 Å². The van der Waals surface area contributed by atoms with Crippen LogP contribution >= 0.6 is 0 Å². The van der Waals surface area contributed by atoms with Crippen molar-refractivity contribution >= 4 is 43.6 Å². The molecule has 2 aromatic carbocycles. The van der Waals surface area contributed by atoms with Crippen LogP contribution in [0.3, 0.4) is 0 Å². The molecule has 0 bridgehead atoms. The van der Waals surface area contributed by atoms with Gasteiger partial charge in [-0.3, -0.25) is 9.59 Å². The van der Waals surface area contributed by atoms with Gasteiger partial charge >= 0.3 is 23.9 Å². The fourth-order valence-corrected chi connectivity index (χ4v) is 8.38. The summed E-state index contributed by atoms with van der Waals surface area (Å²) in [5.74, 6) is 4.23. The maximum atomic E-state index is 12.9. The second-order valence-corrected chi connectivity index (χ2v) is 19.8. The molecule has 22 nitrogen and oxygen atoms in total. The van der Waals surface area contributed by atoms with E-state index in [2.05, 4.69) is 23.7 Å². The summed E-state index contributed by atoms with van der Waals surface area (Å²) in [6.07, 6.45) is -1.97. The number of sulfone groups is 2. The summed E-state index contributed by atoms with van der Waals surface area (Å²) in [6, 6.07) is 11.9. The maximum Gasteiger partial charge on any atom is 0.338 e. The van der Waals surface area contributed by atoms with Gasteiger partial charge in [0.2, 0.25) is 0 Å². The van der Waals surface area contributed by atoms with Gasteiger partial charge < -0.3 is 66.3 Å². The van der Waals surface area contributed by atoms with Crippen molar-refractivity contribution in [2.24, 2.45) is 0 Å². The lowest BCUT2D eigenvalue weighted by molar-refractivity contribution is -0.152. The van der Waals surface area contributed by atoms with Crippen LogP contribution in [-0.2, 0) is 107 Å². The van der Waals surface area contributed by atoms with Crippen molar-refractivity contribution in [3.8, 4) is 23.7 Å². The van der Waals surface area contributed by atoms with E-state index in [0.29, 0.717) is 104 Å². The first kappa shape index (κ1) is 60.5. The number of carbonyl (C=O) groups excluding carboxylic acids is 4. The molecule has 2 aliphatic heterocycles. The van der Waals surface area contributed by atoms with Crippen molar-refractivity contribution < 1.29 is 102 Å². The average molecular weight is 1070 g/mol. The Hall–Kier alpha value is -5.06. The number of rotatable bonds is 16. The van der Waals surface area contributed by atoms with Gasteiger partial charge in [0.05, 0.1) is 142 Å². The topological polar surface area (TPSA) is 266 Å². The van der Waals surface area contributed by atoms with Crippen molar-refractivity contribution in [3.05, 3.63) is 70.8 Å². The van der Waals surface area contributed by atoms with Crippen LogP contribution in [0, 0.1) is 23.7 Å². The third-order valence-corrected chi connectivity index (χ3v) is 12.3. The van der Waals surface area contributed by atoms with E-state index in [-0.39, 0.29) is 50.8 Å². The van der Waals surface area contributed by atoms with Gasteiger partial charge in [0, 0.05) is 0 Å². The highest BCUT2D eigenvalue weighted by atomic mass is 32.2. The van der Waals surface area contributed by atoms with Gasteiger partial charge in [-0.05, 0) is 35.4 Å². The van der Waals surface area contributed by atoms with Gasteiger partial charge in [-0.25, -0.2) is 26.4 Å². The molecule has 0 radical (unpaired) electrons. The van der Waals surface area contributed by atoms with Gasteiger partial charge in [0.25, 0.3) is 0 Å². The van der Waals surface area contributed by atoms with Crippen LogP contribution in [0.4, 0.5) is 0 Å². The molecule has 0 N–H and O–H groups in total. The fourth-order valence-electron chi connectivity index (χ4n) is 6.15. The molecule has 2 aromatic rings. The predicted octanol–water partition coefficient (Wildman–Crippen LogP) is 0.944. The van der Waals surface area contributed by atoms with Gasteiger partial charge in [-0.1, -0.05) is 47.9 Å². The number of hydrogen-bond donors (Lipinski definition) is 0. The molecule has 4 rings (SSSR count). The molecule has 0 saturated carbocycles. The lowest BCUT2D eigenvalue weighted by atomic mass is 10.1. The number of benzene rings is 2. The van der Waals surface area contributed by atoms with Gasteiger partial charge in [0.15, 0.2) is 32.9 Å². The summed E-state index contributed by atoms with van der Waals surface area (Å²) < 4.78 is 127. The fraction of sp³-hybridized carbons (Fsp3) is 0.592. The van der Waals surface area contributed by atoms with Crippen LogP contribution in [0.5, 0.6) is 0 Å². The Balaban J connectivity index is 1.11. The van der Waals surface area contributed by atoms with E-state index in [1.165, 1.54) is 48.5 Å². The number of ether oxygens (including phenoxy) is 14. The molecule has 404 valence electrons. The van der Waals surface area contributed by atoms with Gasteiger partial charge in [-0.15, -0.1) is 0 Å². The van der Waals surface area contributed by atoms with Crippen molar-refractivity contribution in [3.63, 3.8) is 0 Å². The summed E-state index contributed by atoms with van der Waals surface area (Å²) in [6.45, 7) is 4.78. The first-order valence-corrected chi connectivity index (χ1v) is 27.0. The SMILES string of the molecule is O=C(CC(=O)OCC#CCS(=O)(=O)Cc1cccc(C(=O)OCC2COCCOCCOCCOCCO2)c1)OCC#CCS(=O)(=O)Cc1cccc(C(=O)OCC2COCCOCCOCCOCCO2)c1. The monoisotopic (exact) mass is 1070 g/mol. The Kier molecular flexibility index (Phi) is 29.8. The second kappa shape index (κ2) is 36.0. The van der Waals surface area contributed by atoms with Crippen molar-refractivity contribution in [2.45, 2.75) is 30.1 Å². The summed E-state index contributed by atoms with van der Waals surface area (Å²) in [5, 5.41) is 0. The molecule has 24 heteroatoms. The molecule has 2 heterocycles. The molecular weight excluding hydrogens is 1000 g/mol. The largest absolute Gasteiger partial charge is 0.459 e. The second-order valence-electron chi connectivity index (χ2n) is 15.7. The van der Waals surface area contributed by atoms with Gasteiger partial charge in [-0.2, -0.15) is 0 Å². The lowest BCUT2D eigenvalue weighted by Crippen LogP contribution is -2.29. The van der Waals surface area contributed by atoms with E-state index < -0.39 is 98.4 Å². The standard InChI is InChI=1S/C49H64O22S2/c50-46(68-11-1-3-29-72(54,55)38-40-7-5-9-42(31-40)48(52)70-36-44-34-64-23-21-60-15-13-58-17-19-62-25-27-66-44)33-47(51)69-12-2-4-30-73(56,57)39-41-8-6-10-43(32-41)49(53)71-37-45-35-65-24-22-61-16-14-59-18-20-63-26-28-67-45/h5-10,31-32,44-45H,11-30,33-39H2. The van der Waals surface area contributed by atoms with Crippen molar-refractivity contribution in [1.29, 1.82) is 0 Å². The van der Waals surface area contributed by atoms with Crippen LogP contribution in [0.15, 0.2) is 48.5 Å². The lowest BCUT2D eigenvalue weighted by Gasteiger charge is -2.18. The summed E-state index contributed by atoms with van der Waals surface area (Å²) >= 11 is 0. The van der Waals surface area contributed by atoms with E-state index in [4.69, 9.17) is 66.3 Å². The molecule has 0 aliphatic carbocycles. The quantitative estimate of drug-likeness (QED) is 0.0980. The third-order valence-electron chi connectivity index (χ3n) is 9.63. The van der Waals surface area contributed by atoms with Crippen LogP contribution in [0.1, 0.15) is 38.3 Å². The molecular formula is C49H64O22S2. The number of esters is 4. The van der Waals surface area contributed by atoms with E-state index >= 15 is 0 Å². The van der Waals surface area contributed by atoms with E-state index in [1.807, 2.05) is 0 Å².